The Morgan fingerprint density at radius 2 is 1.52 bits per heavy atom. The van der Waals surface area contributed by atoms with Crippen LogP contribution in [0.25, 0.3) is 0 Å². The Bertz CT molecular complexity index is 1130. The minimum Gasteiger partial charge on any atom is -0.494 e. The molecule has 0 saturated heterocycles. The van der Waals surface area contributed by atoms with Gasteiger partial charge in [0.2, 0.25) is 5.91 Å². The molecule has 0 aliphatic rings. The zero-order valence-electron chi connectivity index (χ0n) is 18.6. The summed E-state index contributed by atoms with van der Waals surface area (Å²) in [6.07, 6.45) is 0.889. The van der Waals surface area contributed by atoms with Crippen molar-refractivity contribution in [2.45, 2.75) is 26.7 Å². The van der Waals surface area contributed by atoms with E-state index in [0.29, 0.717) is 42.1 Å². The van der Waals surface area contributed by atoms with Gasteiger partial charge in [-0.1, -0.05) is 29.8 Å². The average molecular weight is 447 g/mol. The van der Waals surface area contributed by atoms with Crippen LogP contribution < -0.4 is 20.1 Å². The second kappa shape index (κ2) is 11.5. The molecule has 0 aliphatic carbocycles. The van der Waals surface area contributed by atoms with Gasteiger partial charge in [-0.2, -0.15) is 0 Å². The standard InChI is InChI=1S/C26H26N2O5/c1-18-11-13-23(14-12-18)32-15-5-10-25(30)27-21-7-4-8-22(17-21)28-26(31)20-6-3-9-24(16-20)33-19(2)29/h3-4,6-9,11-14,16-17H,5,10,15H2,1-2H3,(H,27,30)(H,28,31). The molecule has 170 valence electrons. The van der Waals surface area contributed by atoms with Crippen LogP contribution in [0.5, 0.6) is 11.5 Å². The van der Waals surface area contributed by atoms with Gasteiger partial charge in [0.05, 0.1) is 6.61 Å². The van der Waals surface area contributed by atoms with Crippen molar-refractivity contribution in [2.24, 2.45) is 0 Å². The fourth-order valence-corrected chi connectivity index (χ4v) is 3.03. The number of esters is 1. The van der Waals surface area contributed by atoms with Crippen molar-refractivity contribution in [3.05, 3.63) is 83.9 Å². The molecule has 0 aliphatic heterocycles. The van der Waals surface area contributed by atoms with Crippen molar-refractivity contribution < 1.29 is 23.9 Å². The highest BCUT2D eigenvalue weighted by atomic mass is 16.5. The summed E-state index contributed by atoms with van der Waals surface area (Å²) in [5, 5.41) is 5.60. The van der Waals surface area contributed by atoms with E-state index in [9.17, 15) is 14.4 Å². The molecular weight excluding hydrogens is 420 g/mol. The lowest BCUT2D eigenvalue weighted by atomic mass is 10.2. The number of carbonyl (C=O) groups excluding carboxylic acids is 3. The lowest BCUT2D eigenvalue weighted by molar-refractivity contribution is -0.131. The number of hydrogen-bond acceptors (Lipinski definition) is 5. The van der Waals surface area contributed by atoms with Gasteiger partial charge in [-0.05, 0) is 61.9 Å². The maximum absolute atomic E-state index is 12.5. The number of benzene rings is 3. The van der Waals surface area contributed by atoms with E-state index in [1.165, 1.54) is 13.0 Å². The van der Waals surface area contributed by atoms with Crippen LogP contribution in [-0.4, -0.2) is 24.4 Å². The summed E-state index contributed by atoms with van der Waals surface area (Å²) in [4.78, 5) is 35.9. The van der Waals surface area contributed by atoms with E-state index in [1.54, 1.807) is 42.5 Å². The van der Waals surface area contributed by atoms with Crippen molar-refractivity contribution in [1.29, 1.82) is 0 Å². The van der Waals surface area contributed by atoms with Gasteiger partial charge >= 0.3 is 5.97 Å². The summed E-state index contributed by atoms with van der Waals surface area (Å²) in [6.45, 7) is 3.75. The molecular formula is C26H26N2O5. The molecule has 3 aromatic carbocycles. The molecule has 33 heavy (non-hydrogen) atoms. The lowest BCUT2D eigenvalue weighted by Gasteiger charge is -2.10. The van der Waals surface area contributed by atoms with Crippen LogP contribution in [0.2, 0.25) is 0 Å². The van der Waals surface area contributed by atoms with Gasteiger partial charge in [-0.3, -0.25) is 14.4 Å². The van der Waals surface area contributed by atoms with Gasteiger partial charge in [0.15, 0.2) is 0 Å². The fraction of sp³-hybridized carbons (Fsp3) is 0.192. The highest BCUT2D eigenvalue weighted by molar-refractivity contribution is 6.05. The van der Waals surface area contributed by atoms with Crippen LogP contribution in [0.15, 0.2) is 72.8 Å². The first-order valence-corrected chi connectivity index (χ1v) is 10.6. The van der Waals surface area contributed by atoms with Crippen molar-refractivity contribution in [2.75, 3.05) is 17.2 Å². The predicted octanol–water partition coefficient (Wildman–Crippen LogP) is 4.97. The van der Waals surface area contributed by atoms with Crippen LogP contribution in [0.1, 0.15) is 35.7 Å². The van der Waals surface area contributed by atoms with E-state index >= 15 is 0 Å². The van der Waals surface area contributed by atoms with Gasteiger partial charge in [-0.15, -0.1) is 0 Å². The van der Waals surface area contributed by atoms with Crippen molar-refractivity contribution >= 4 is 29.2 Å². The number of rotatable bonds is 9. The Labute approximate surface area is 192 Å². The Morgan fingerprint density at radius 3 is 2.24 bits per heavy atom. The van der Waals surface area contributed by atoms with Gasteiger partial charge in [-0.25, -0.2) is 0 Å². The third-order valence-electron chi connectivity index (χ3n) is 4.60. The second-order valence-electron chi connectivity index (χ2n) is 7.47. The molecule has 0 atom stereocenters. The molecule has 7 nitrogen and oxygen atoms in total. The quantitative estimate of drug-likeness (QED) is 0.275. The first-order chi connectivity index (χ1) is 15.9. The first kappa shape index (κ1) is 23.5. The summed E-state index contributed by atoms with van der Waals surface area (Å²) in [5.41, 5.74) is 2.61. The van der Waals surface area contributed by atoms with Crippen molar-refractivity contribution in [3.63, 3.8) is 0 Å². The minimum absolute atomic E-state index is 0.139. The molecule has 3 rings (SSSR count). The van der Waals surface area contributed by atoms with E-state index < -0.39 is 5.97 Å². The summed E-state index contributed by atoms with van der Waals surface area (Å²) in [7, 11) is 0. The van der Waals surface area contributed by atoms with E-state index in [1.807, 2.05) is 31.2 Å². The number of aryl methyl sites for hydroxylation is 1. The Kier molecular flexibility index (Phi) is 8.18. The lowest BCUT2D eigenvalue weighted by Crippen LogP contribution is -2.14. The molecule has 0 fully saturated rings. The average Bonchev–Trinajstić information content (AvgIpc) is 2.78. The number of amides is 2. The molecule has 0 radical (unpaired) electrons. The van der Waals surface area contributed by atoms with Crippen molar-refractivity contribution in [3.8, 4) is 11.5 Å². The van der Waals surface area contributed by atoms with E-state index in [-0.39, 0.29) is 11.8 Å². The molecule has 3 aromatic rings. The fourth-order valence-electron chi connectivity index (χ4n) is 3.03. The topological polar surface area (TPSA) is 93.7 Å². The number of nitrogens with one attached hydrogen (secondary N) is 2. The van der Waals surface area contributed by atoms with E-state index in [0.717, 1.165) is 11.3 Å². The monoisotopic (exact) mass is 446 g/mol. The molecule has 0 aromatic heterocycles. The van der Waals surface area contributed by atoms with Gasteiger partial charge in [0.1, 0.15) is 11.5 Å². The number of hydrogen-bond donors (Lipinski definition) is 2. The van der Waals surface area contributed by atoms with Crippen LogP contribution in [0.3, 0.4) is 0 Å². The molecule has 2 amide bonds. The molecule has 0 unspecified atom stereocenters. The maximum Gasteiger partial charge on any atom is 0.308 e. The minimum atomic E-state index is -0.460. The Hall–Kier alpha value is -4.13. The predicted molar refractivity (Wildman–Crippen MR) is 127 cm³/mol. The highest BCUT2D eigenvalue weighted by Crippen LogP contribution is 2.19. The maximum atomic E-state index is 12.5. The Balaban J connectivity index is 1.48. The number of carbonyl (C=O) groups is 3. The van der Waals surface area contributed by atoms with Crippen LogP contribution >= 0.6 is 0 Å². The number of ether oxygens (including phenoxy) is 2. The molecule has 0 saturated carbocycles. The summed E-state index contributed by atoms with van der Waals surface area (Å²) < 4.78 is 10.7. The summed E-state index contributed by atoms with van der Waals surface area (Å²) in [5.74, 6) is 0.115. The molecule has 0 heterocycles. The summed E-state index contributed by atoms with van der Waals surface area (Å²) in [6, 6.07) is 21.0. The van der Waals surface area contributed by atoms with Gasteiger partial charge in [0, 0.05) is 30.3 Å². The largest absolute Gasteiger partial charge is 0.494 e. The summed E-state index contributed by atoms with van der Waals surface area (Å²) >= 11 is 0. The van der Waals surface area contributed by atoms with Crippen LogP contribution in [0, 0.1) is 6.92 Å². The van der Waals surface area contributed by atoms with Gasteiger partial charge in [0.25, 0.3) is 5.91 Å². The van der Waals surface area contributed by atoms with Gasteiger partial charge < -0.3 is 20.1 Å². The smallest absolute Gasteiger partial charge is 0.308 e. The second-order valence-corrected chi connectivity index (χ2v) is 7.47. The third kappa shape index (κ3) is 7.81. The normalized spacial score (nSPS) is 10.2. The SMILES string of the molecule is CC(=O)Oc1cccc(C(=O)Nc2cccc(NC(=O)CCCOc3ccc(C)cc3)c2)c1. The zero-order valence-corrected chi connectivity index (χ0v) is 18.6. The van der Waals surface area contributed by atoms with Crippen molar-refractivity contribution in [1.82, 2.24) is 0 Å². The highest BCUT2D eigenvalue weighted by Gasteiger charge is 2.10. The van der Waals surface area contributed by atoms with Crippen LogP contribution in [-0.2, 0) is 9.59 Å². The first-order valence-electron chi connectivity index (χ1n) is 10.6. The molecule has 0 bridgehead atoms. The molecule has 7 heteroatoms. The molecule has 0 spiro atoms. The zero-order chi connectivity index (χ0) is 23.6. The Morgan fingerprint density at radius 1 is 0.818 bits per heavy atom. The molecule has 2 N–H and O–H groups in total. The third-order valence-corrected chi connectivity index (χ3v) is 4.60. The van der Waals surface area contributed by atoms with Crippen LogP contribution in [0.4, 0.5) is 11.4 Å². The van der Waals surface area contributed by atoms with E-state index in [4.69, 9.17) is 9.47 Å². The van der Waals surface area contributed by atoms with E-state index in [2.05, 4.69) is 10.6 Å². The number of anilines is 2.